The summed E-state index contributed by atoms with van der Waals surface area (Å²) in [5.41, 5.74) is 0.579. The van der Waals surface area contributed by atoms with Gasteiger partial charge in [-0.25, -0.2) is 0 Å². The molecular formula is C15H32N2OP2. The standard InChI is InChI=1S/C15H32N2OP2/c1-3-5-6-12(18)11-13(4-2,14(16-19)7-8-14)15(17-20)9-10-15/h12,16-18H,3-11,19-20H2,1-2H3. The van der Waals surface area contributed by atoms with Crippen LogP contribution in [0.5, 0.6) is 0 Å². The van der Waals surface area contributed by atoms with Crippen molar-refractivity contribution >= 4 is 18.8 Å². The van der Waals surface area contributed by atoms with E-state index in [2.05, 4.69) is 42.8 Å². The molecule has 0 aromatic heterocycles. The summed E-state index contributed by atoms with van der Waals surface area (Å²) in [6.07, 6.45) is 10.1. The lowest BCUT2D eigenvalue weighted by Gasteiger charge is -2.49. The van der Waals surface area contributed by atoms with E-state index in [1.54, 1.807) is 0 Å². The van der Waals surface area contributed by atoms with Crippen molar-refractivity contribution in [1.29, 1.82) is 0 Å². The van der Waals surface area contributed by atoms with E-state index in [9.17, 15) is 5.11 Å². The Kier molecular flexibility index (Phi) is 5.53. The summed E-state index contributed by atoms with van der Waals surface area (Å²) in [6, 6.07) is 0. The van der Waals surface area contributed by atoms with E-state index < -0.39 is 0 Å². The first-order valence-corrected chi connectivity index (χ1v) is 9.34. The van der Waals surface area contributed by atoms with Gasteiger partial charge in [-0.3, -0.25) is 10.2 Å². The maximum absolute atomic E-state index is 10.6. The van der Waals surface area contributed by atoms with Crippen LogP contribution >= 0.6 is 18.8 Å². The molecule has 0 aromatic rings. The second-order valence-corrected chi connectivity index (χ2v) is 7.47. The molecule has 3 atom stereocenters. The van der Waals surface area contributed by atoms with Gasteiger partial charge in [0.05, 0.1) is 6.10 Å². The molecular weight excluding hydrogens is 286 g/mol. The molecule has 0 aliphatic heterocycles. The van der Waals surface area contributed by atoms with Gasteiger partial charge in [0.15, 0.2) is 0 Å². The molecule has 5 heteroatoms. The minimum absolute atomic E-state index is 0.163. The van der Waals surface area contributed by atoms with E-state index in [-0.39, 0.29) is 22.6 Å². The number of nitrogens with one attached hydrogen (secondary N) is 2. The molecule has 118 valence electrons. The van der Waals surface area contributed by atoms with E-state index in [1.165, 1.54) is 25.7 Å². The fraction of sp³-hybridized carbons (Fsp3) is 1.00. The first-order valence-electron chi connectivity index (χ1n) is 8.19. The Morgan fingerprint density at radius 1 is 1.10 bits per heavy atom. The summed E-state index contributed by atoms with van der Waals surface area (Å²) >= 11 is 0. The SMILES string of the molecule is CCCCC(O)CC(CC)(C1(NP)CC1)C1(NP)CC1. The highest BCUT2D eigenvalue weighted by Crippen LogP contribution is 2.67. The van der Waals surface area contributed by atoms with Crippen LogP contribution in [0.25, 0.3) is 0 Å². The maximum atomic E-state index is 10.6. The van der Waals surface area contributed by atoms with Gasteiger partial charge < -0.3 is 5.11 Å². The highest BCUT2D eigenvalue weighted by molar-refractivity contribution is 7.14. The number of aliphatic hydroxyl groups is 1. The molecule has 0 bridgehead atoms. The zero-order chi connectivity index (χ0) is 14.9. The van der Waals surface area contributed by atoms with Crippen molar-refractivity contribution in [2.45, 2.75) is 88.8 Å². The van der Waals surface area contributed by atoms with Gasteiger partial charge >= 0.3 is 0 Å². The first-order chi connectivity index (χ1) is 9.55. The lowest BCUT2D eigenvalue weighted by Crippen LogP contribution is -2.58. The summed E-state index contributed by atoms with van der Waals surface area (Å²) < 4.78 is 0. The third-order valence-corrected chi connectivity index (χ3v) is 7.07. The zero-order valence-corrected chi connectivity index (χ0v) is 15.4. The fourth-order valence-electron chi connectivity index (χ4n) is 4.39. The Bertz CT molecular complexity index is 310. The summed E-state index contributed by atoms with van der Waals surface area (Å²) in [4.78, 5) is 0. The summed E-state index contributed by atoms with van der Waals surface area (Å²) in [7, 11) is 5.48. The third-order valence-electron chi connectivity index (χ3n) is 5.96. The van der Waals surface area contributed by atoms with Gasteiger partial charge in [0.2, 0.25) is 0 Å². The first kappa shape index (κ1) is 17.1. The second-order valence-electron chi connectivity index (χ2n) is 6.89. The van der Waals surface area contributed by atoms with E-state index in [0.717, 1.165) is 32.1 Å². The van der Waals surface area contributed by atoms with Crippen LogP contribution in [0.1, 0.15) is 71.6 Å². The van der Waals surface area contributed by atoms with Crippen LogP contribution in [0.4, 0.5) is 0 Å². The molecule has 20 heavy (non-hydrogen) atoms. The van der Waals surface area contributed by atoms with Crippen molar-refractivity contribution in [3.05, 3.63) is 0 Å². The largest absolute Gasteiger partial charge is 0.393 e. The van der Waals surface area contributed by atoms with Crippen molar-refractivity contribution in [2.24, 2.45) is 5.41 Å². The van der Waals surface area contributed by atoms with E-state index in [0.29, 0.717) is 0 Å². The van der Waals surface area contributed by atoms with Crippen LogP contribution in [-0.4, -0.2) is 22.3 Å². The van der Waals surface area contributed by atoms with Crippen molar-refractivity contribution in [2.75, 3.05) is 0 Å². The molecule has 2 saturated carbocycles. The molecule has 3 unspecified atom stereocenters. The molecule has 0 aromatic carbocycles. The predicted molar refractivity (Wildman–Crippen MR) is 92.5 cm³/mol. The van der Waals surface area contributed by atoms with E-state index >= 15 is 0 Å². The number of unbranched alkanes of at least 4 members (excludes halogenated alkanes) is 1. The lowest BCUT2D eigenvalue weighted by molar-refractivity contribution is 0.0257. The van der Waals surface area contributed by atoms with Crippen LogP contribution in [0.3, 0.4) is 0 Å². The molecule has 0 heterocycles. The van der Waals surface area contributed by atoms with Crippen molar-refractivity contribution in [3.63, 3.8) is 0 Å². The summed E-state index contributed by atoms with van der Waals surface area (Å²) in [5, 5.41) is 17.6. The van der Waals surface area contributed by atoms with Gasteiger partial charge in [-0.1, -0.05) is 45.5 Å². The van der Waals surface area contributed by atoms with Gasteiger partial charge in [0, 0.05) is 16.5 Å². The van der Waals surface area contributed by atoms with Crippen LogP contribution < -0.4 is 10.2 Å². The Morgan fingerprint density at radius 2 is 1.60 bits per heavy atom. The van der Waals surface area contributed by atoms with Gasteiger partial charge in [-0.2, -0.15) is 0 Å². The minimum Gasteiger partial charge on any atom is -0.393 e. The molecule has 2 fully saturated rings. The molecule has 0 amide bonds. The number of rotatable bonds is 10. The van der Waals surface area contributed by atoms with Gasteiger partial charge in [0.1, 0.15) is 0 Å². The van der Waals surface area contributed by atoms with Crippen LogP contribution in [-0.2, 0) is 0 Å². The Morgan fingerprint density at radius 3 is 1.90 bits per heavy atom. The van der Waals surface area contributed by atoms with Gasteiger partial charge in [-0.05, 0) is 44.9 Å². The second kappa shape index (κ2) is 6.47. The topological polar surface area (TPSA) is 44.3 Å². The van der Waals surface area contributed by atoms with Crippen molar-refractivity contribution in [1.82, 2.24) is 10.2 Å². The quantitative estimate of drug-likeness (QED) is 0.542. The summed E-state index contributed by atoms with van der Waals surface area (Å²) in [6.45, 7) is 4.50. The van der Waals surface area contributed by atoms with Crippen molar-refractivity contribution in [3.8, 4) is 0 Å². The van der Waals surface area contributed by atoms with Crippen molar-refractivity contribution < 1.29 is 5.11 Å². The van der Waals surface area contributed by atoms with E-state index in [1.807, 2.05) is 0 Å². The zero-order valence-electron chi connectivity index (χ0n) is 13.0. The fourth-order valence-corrected chi connectivity index (χ4v) is 5.52. The number of aliphatic hydroxyl groups excluding tert-OH is 1. The van der Waals surface area contributed by atoms with Gasteiger partial charge in [-0.15, -0.1) is 0 Å². The normalized spacial score (nSPS) is 24.4. The molecule has 0 spiro atoms. The molecule has 3 N–H and O–H groups in total. The Hall–Kier alpha value is 0.740. The monoisotopic (exact) mass is 318 g/mol. The number of hydrogen-bond donors (Lipinski definition) is 3. The Labute approximate surface area is 129 Å². The third kappa shape index (κ3) is 2.70. The Balaban J connectivity index is 2.20. The highest BCUT2D eigenvalue weighted by atomic mass is 31.0. The summed E-state index contributed by atoms with van der Waals surface area (Å²) in [5.74, 6) is 0. The number of hydrogen-bond acceptors (Lipinski definition) is 3. The molecule has 2 aliphatic carbocycles. The average molecular weight is 318 g/mol. The van der Waals surface area contributed by atoms with Gasteiger partial charge in [0.25, 0.3) is 0 Å². The molecule has 3 nitrogen and oxygen atoms in total. The van der Waals surface area contributed by atoms with Crippen LogP contribution in [0.15, 0.2) is 0 Å². The average Bonchev–Trinajstić information content (AvgIpc) is 3.36. The predicted octanol–water partition coefficient (Wildman–Crippen LogP) is 3.15. The van der Waals surface area contributed by atoms with E-state index in [4.69, 9.17) is 0 Å². The lowest BCUT2D eigenvalue weighted by atomic mass is 9.64. The van der Waals surface area contributed by atoms with Crippen LogP contribution in [0, 0.1) is 5.41 Å². The van der Waals surface area contributed by atoms with Crippen LogP contribution in [0.2, 0.25) is 0 Å². The molecule has 0 radical (unpaired) electrons. The molecule has 2 rings (SSSR count). The molecule has 2 aliphatic rings. The minimum atomic E-state index is -0.165. The maximum Gasteiger partial charge on any atom is 0.0547 e. The molecule has 0 saturated heterocycles. The highest BCUT2D eigenvalue weighted by Gasteiger charge is 2.70. The smallest absolute Gasteiger partial charge is 0.0547 e.